The van der Waals surface area contributed by atoms with E-state index in [0.29, 0.717) is 10.1 Å². The van der Waals surface area contributed by atoms with E-state index < -0.39 is 0 Å². The van der Waals surface area contributed by atoms with E-state index in [1.165, 1.54) is 0 Å². The van der Waals surface area contributed by atoms with Crippen LogP contribution in [0.3, 0.4) is 0 Å². The summed E-state index contributed by atoms with van der Waals surface area (Å²) in [5.74, 6) is 2.81. The summed E-state index contributed by atoms with van der Waals surface area (Å²) in [6.45, 7) is 2.79. The fourth-order valence-corrected chi connectivity index (χ4v) is 2.94. The SMILES string of the molecule is Cc1ccc(NC(=S)NCCSCc2ccco2)c(Cl)c1. The lowest BCUT2D eigenvalue weighted by molar-refractivity contribution is 0.530. The summed E-state index contributed by atoms with van der Waals surface area (Å²) in [7, 11) is 0. The molecule has 0 aliphatic carbocycles. The first-order valence-electron chi connectivity index (χ1n) is 6.56. The highest BCUT2D eigenvalue weighted by Gasteiger charge is 2.02. The van der Waals surface area contributed by atoms with Crippen LogP contribution in [0.1, 0.15) is 11.3 Å². The number of hydrogen-bond donors (Lipinski definition) is 2. The summed E-state index contributed by atoms with van der Waals surface area (Å²) < 4.78 is 5.27. The van der Waals surface area contributed by atoms with Crippen LogP contribution in [0.15, 0.2) is 41.0 Å². The zero-order valence-electron chi connectivity index (χ0n) is 11.7. The van der Waals surface area contributed by atoms with Gasteiger partial charge in [-0.15, -0.1) is 0 Å². The Hall–Kier alpha value is -1.17. The monoisotopic (exact) mass is 340 g/mol. The van der Waals surface area contributed by atoms with Crippen molar-refractivity contribution in [2.24, 2.45) is 0 Å². The van der Waals surface area contributed by atoms with Crippen LogP contribution in [0.25, 0.3) is 0 Å². The number of benzene rings is 1. The highest BCUT2D eigenvalue weighted by atomic mass is 35.5. The third kappa shape index (κ3) is 5.61. The van der Waals surface area contributed by atoms with Crippen LogP contribution in [0.2, 0.25) is 5.02 Å². The summed E-state index contributed by atoms with van der Waals surface area (Å²) in [4.78, 5) is 0. The molecule has 0 fully saturated rings. The van der Waals surface area contributed by atoms with Gasteiger partial charge in [0.05, 0.1) is 22.7 Å². The van der Waals surface area contributed by atoms with Crippen LogP contribution in [-0.2, 0) is 5.75 Å². The molecule has 0 amide bonds. The number of thiocarbonyl (C=S) groups is 1. The summed E-state index contributed by atoms with van der Waals surface area (Å²) in [5, 5.41) is 7.52. The molecule has 0 radical (unpaired) electrons. The quantitative estimate of drug-likeness (QED) is 0.599. The van der Waals surface area contributed by atoms with Crippen LogP contribution < -0.4 is 10.6 Å². The van der Waals surface area contributed by atoms with Crippen molar-refractivity contribution in [3.63, 3.8) is 0 Å². The van der Waals surface area contributed by atoms with E-state index in [-0.39, 0.29) is 0 Å². The Kier molecular flexibility index (Phi) is 6.42. The standard InChI is InChI=1S/C15H17ClN2OS2/c1-11-4-5-14(13(16)9-11)18-15(20)17-6-8-21-10-12-3-2-7-19-12/h2-5,7,9H,6,8,10H2,1H3,(H2,17,18,20). The first kappa shape index (κ1) is 16.2. The second kappa shape index (κ2) is 8.32. The van der Waals surface area contributed by atoms with Gasteiger partial charge >= 0.3 is 0 Å². The van der Waals surface area contributed by atoms with Gasteiger partial charge in [0.1, 0.15) is 5.76 Å². The highest BCUT2D eigenvalue weighted by Crippen LogP contribution is 2.22. The lowest BCUT2D eigenvalue weighted by Crippen LogP contribution is -2.30. The number of hydrogen-bond acceptors (Lipinski definition) is 3. The lowest BCUT2D eigenvalue weighted by atomic mass is 10.2. The molecule has 0 bridgehead atoms. The Morgan fingerprint density at radius 2 is 2.24 bits per heavy atom. The summed E-state index contributed by atoms with van der Waals surface area (Å²) in [6.07, 6.45) is 1.69. The zero-order chi connectivity index (χ0) is 15.1. The Balaban J connectivity index is 1.65. The van der Waals surface area contributed by atoms with Crippen LogP contribution in [-0.4, -0.2) is 17.4 Å². The second-order valence-corrected chi connectivity index (χ2v) is 6.42. The van der Waals surface area contributed by atoms with Gasteiger partial charge < -0.3 is 15.1 Å². The molecule has 21 heavy (non-hydrogen) atoms. The molecule has 1 aromatic carbocycles. The molecule has 2 rings (SSSR count). The Morgan fingerprint density at radius 1 is 1.38 bits per heavy atom. The predicted molar refractivity (Wildman–Crippen MR) is 95.3 cm³/mol. The van der Waals surface area contributed by atoms with E-state index in [2.05, 4.69) is 10.6 Å². The molecule has 0 saturated carbocycles. The molecule has 112 valence electrons. The van der Waals surface area contributed by atoms with Gasteiger partial charge in [-0.2, -0.15) is 11.8 Å². The summed E-state index contributed by atoms with van der Waals surface area (Å²) in [6, 6.07) is 9.71. The first-order valence-corrected chi connectivity index (χ1v) is 8.50. The molecule has 0 atom stereocenters. The first-order chi connectivity index (χ1) is 10.1. The number of halogens is 1. The van der Waals surface area contributed by atoms with Gasteiger partial charge in [-0.3, -0.25) is 0 Å². The molecule has 0 aliphatic heterocycles. The van der Waals surface area contributed by atoms with Crippen molar-refractivity contribution in [3.8, 4) is 0 Å². The van der Waals surface area contributed by atoms with Gasteiger partial charge in [-0.1, -0.05) is 17.7 Å². The molecule has 0 spiro atoms. The van der Waals surface area contributed by atoms with Crippen molar-refractivity contribution < 1.29 is 4.42 Å². The molecule has 0 unspecified atom stereocenters. The average molecular weight is 341 g/mol. The maximum absolute atomic E-state index is 6.15. The fourth-order valence-electron chi connectivity index (χ4n) is 1.69. The van der Waals surface area contributed by atoms with Crippen molar-refractivity contribution >= 4 is 46.4 Å². The summed E-state index contributed by atoms with van der Waals surface area (Å²) in [5.41, 5.74) is 1.95. The Bertz CT molecular complexity index is 587. The third-order valence-corrected chi connectivity index (χ3v) is 4.27. The van der Waals surface area contributed by atoms with Crippen LogP contribution >= 0.6 is 35.6 Å². The third-order valence-electron chi connectivity index (χ3n) is 2.73. The molecule has 1 aromatic heterocycles. The Labute approximate surface area is 139 Å². The number of thioether (sulfide) groups is 1. The largest absolute Gasteiger partial charge is 0.468 e. The molecule has 2 aromatic rings. The van der Waals surface area contributed by atoms with Gasteiger partial charge in [0.25, 0.3) is 0 Å². The van der Waals surface area contributed by atoms with Crippen molar-refractivity contribution in [3.05, 3.63) is 52.9 Å². The maximum Gasteiger partial charge on any atom is 0.170 e. The topological polar surface area (TPSA) is 37.2 Å². The maximum atomic E-state index is 6.15. The minimum Gasteiger partial charge on any atom is -0.468 e. The second-order valence-electron chi connectivity index (χ2n) is 4.50. The van der Waals surface area contributed by atoms with Crippen molar-refractivity contribution in [1.29, 1.82) is 0 Å². The molecule has 3 nitrogen and oxygen atoms in total. The van der Waals surface area contributed by atoms with Crippen molar-refractivity contribution in [1.82, 2.24) is 5.32 Å². The number of aryl methyl sites for hydroxylation is 1. The van der Waals surface area contributed by atoms with E-state index in [1.807, 2.05) is 37.3 Å². The Morgan fingerprint density at radius 3 is 2.95 bits per heavy atom. The van der Waals surface area contributed by atoms with Gasteiger partial charge in [0, 0.05) is 12.3 Å². The number of anilines is 1. The van der Waals surface area contributed by atoms with E-state index in [1.54, 1.807) is 18.0 Å². The average Bonchev–Trinajstić information content (AvgIpc) is 2.95. The minimum atomic E-state index is 0.583. The van der Waals surface area contributed by atoms with Gasteiger partial charge in [0.15, 0.2) is 5.11 Å². The summed E-state index contributed by atoms with van der Waals surface area (Å²) >= 11 is 13.2. The molecule has 0 saturated heterocycles. The number of rotatable bonds is 6. The number of furan rings is 1. The predicted octanol–water partition coefficient (Wildman–Crippen LogP) is 4.46. The van der Waals surface area contributed by atoms with Crippen molar-refractivity contribution in [2.45, 2.75) is 12.7 Å². The van der Waals surface area contributed by atoms with Crippen LogP contribution in [0.4, 0.5) is 5.69 Å². The van der Waals surface area contributed by atoms with Gasteiger partial charge in [-0.25, -0.2) is 0 Å². The van der Waals surface area contributed by atoms with Gasteiger partial charge in [-0.05, 0) is 49.0 Å². The highest BCUT2D eigenvalue weighted by molar-refractivity contribution is 7.98. The molecule has 1 heterocycles. The van der Waals surface area contributed by atoms with Crippen LogP contribution in [0.5, 0.6) is 0 Å². The number of nitrogens with one attached hydrogen (secondary N) is 2. The molecule has 0 aliphatic rings. The van der Waals surface area contributed by atoms with E-state index in [9.17, 15) is 0 Å². The lowest BCUT2D eigenvalue weighted by Gasteiger charge is -2.11. The molecular formula is C15H17ClN2OS2. The van der Waals surface area contributed by atoms with Crippen molar-refractivity contribution in [2.75, 3.05) is 17.6 Å². The van der Waals surface area contributed by atoms with Crippen LogP contribution in [0, 0.1) is 6.92 Å². The van der Waals surface area contributed by atoms with E-state index in [0.717, 1.165) is 35.1 Å². The van der Waals surface area contributed by atoms with E-state index in [4.69, 9.17) is 28.2 Å². The molecule has 6 heteroatoms. The zero-order valence-corrected chi connectivity index (χ0v) is 14.1. The van der Waals surface area contributed by atoms with Gasteiger partial charge in [0.2, 0.25) is 0 Å². The smallest absolute Gasteiger partial charge is 0.170 e. The molecule has 2 N–H and O–H groups in total. The van der Waals surface area contributed by atoms with E-state index >= 15 is 0 Å². The normalized spacial score (nSPS) is 10.4. The minimum absolute atomic E-state index is 0.583. The molecular weight excluding hydrogens is 324 g/mol. The fraction of sp³-hybridized carbons (Fsp3) is 0.267.